The molecule has 0 aromatic carbocycles. The van der Waals surface area contributed by atoms with E-state index in [1.807, 2.05) is 0 Å². The molecule has 0 amide bonds. The summed E-state index contributed by atoms with van der Waals surface area (Å²) in [4.78, 5) is 10.2. The monoisotopic (exact) mass is 133 g/mol. The fraction of sp³-hybridized carbons (Fsp3) is 0.500. The van der Waals surface area contributed by atoms with Gasteiger partial charge in [0.2, 0.25) is 0 Å². The lowest BCUT2D eigenvalue weighted by atomic mass is 10.8. The lowest BCUT2D eigenvalue weighted by Gasteiger charge is -1.85. The van der Waals surface area contributed by atoms with Crippen LogP contribution in [0.2, 0.25) is 0 Å². The molecule has 0 radical (unpaired) electrons. The van der Waals surface area contributed by atoms with Crippen LogP contribution >= 0.6 is 11.9 Å². The molecule has 0 saturated heterocycles. The molecule has 0 bridgehead atoms. The summed E-state index contributed by atoms with van der Waals surface area (Å²) in [6, 6.07) is 0. The summed E-state index contributed by atoms with van der Waals surface area (Å²) in [5.41, 5.74) is 0. The van der Waals surface area contributed by atoms with E-state index in [4.69, 9.17) is 0 Å². The van der Waals surface area contributed by atoms with Gasteiger partial charge in [-0.2, -0.15) is 0 Å². The number of carbonyl (C=O) groups is 1. The Labute approximate surface area is 52.3 Å². The summed E-state index contributed by atoms with van der Waals surface area (Å²) in [5.74, 6) is -0.417. The van der Waals surface area contributed by atoms with E-state index in [2.05, 4.69) is 9.13 Å². The van der Waals surface area contributed by atoms with E-state index < -0.39 is 5.97 Å². The van der Waals surface area contributed by atoms with Gasteiger partial charge in [-0.1, -0.05) is 0 Å². The quantitative estimate of drug-likeness (QED) is 0.313. The van der Waals surface area contributed by atoms with Crippen molar-refractivity contribution >= 4 is 24.1 Å². The van der Waals surface area contributed by atoms with Crippen LogP contribution < -0.4 is 0 Å². The summed E-state index contributed by atoms with van der Waals surface area (Å²) in [7, 11) is 1.31. The number of esters is 1. The van der Waals surface area contributed by atoms with Crippen LogP contribution in [0.5, 0.6) is 0 Å². The molecule has 0 heterocycles. The van der Waals surface area contributed by atoms with Crippen molar-refractivity contribution in [1.82, 2.24) is 0 Å². The second-order valence-electron chi connectivity index (χ2n) is 0.940. The molecule has 0 unspecified atom stereocenters. The molecule has 0 rings (SSSR count). The standard InChI is InChI=1S/C4H7NO2S/c1-7-4(6)3-5-8-2/h3H,1-2H3. The van der Waals surface area contributed by atoms with Gasteiger partial charge in [-0.25, -0.2) is 9.19 Å². The first kappa shape index (κ1) is 7.49. The number of hydrogen-bond acceptors (Lipinski definition) is 4. The summed E-state index contributed by atoms with van der Waals surface area (Å²) in [6.45, 7) is 0. The maximum absolute atomic E-state index is 10.2. The zero-order valence-corrected chi connectivity index (χ0v) is 5.57. The average molecular weight is 133 g/mol. The Morgan fingerprint density at radius 1 is 1.88 bits per heavy atom. The lowest BCUT2D eigenvalue weighted by molar-refractivity contribution is -0.132. The van der Waals surface area contributed by atoms with E-state index in [-0.39, 0.29) is 0 Å². The van der Waals surface area contributed by atoms with Crippen molar-refractivity contribution in [3.8, 4) is 0 Å². The Morgan fingerprint density at radius 2 is 2.50 bits per heavy atom. The molecular weight excluding hydrogens is 126 g/mol. The largest absolute Gasteiger partial charge is 0.465 e. The predicted molar refractivity (Wildman–Crippen MR) is 34.0 cm³/mol. The van der Waals surface area contributed by atoms with Crippen LogP contribution in [-0.4, -0.2) is 25.5 Å². The molecule has 0 aromatic rings. The zero-order chi connectivity index (χ0) is 6.41. The van der Waals surface area contributed by atoms with Gasteiger partial charge in [0.25, 0.3) is 0 Å². The van der Waals surface area contributed by atoms with Crippen molar-refractivity contribution in [1.29, 1.82) is 0 Å². The van der Waals surface area contributed by atoms with Crippen LogP contribution in [0.1, 0.15) is 0 Å². The zero-order valence-electron chi connectivity index (χ0n) is 4.75. The molecule has 8 heavy (non-hydrogen) atoms. The third kappa shape index (κ3) is 3.67. The Balaban J connectivity index is 3.37. The molecule has 0 aromatic heterocycles. The van der Waals surface area contributed by atoms with Crippen molar-refractivity contribution in [2.75, 3.05) is 13.4 Å². The molecule has 0 aliphatic heterocycles. The third-order valence-corrected chi connectivity index (χ3v) is 0.781. The van der Waals surface area contributed by atoms with Crippen molar-refractivity contribution in [3.63, 3.8) is 0 Å². The number of carbonyl (C=O) groups excluding carboxylic acids is 1. The van der Waals surface area contributed by atoms with Crippen LogP contribution in [0, 0.1) is 0 Å². The molecule has 0 spiro atoms. The minimum absolute atomic E-state index is 0.417. The minimum Gasteiger partial charge on any atom is -0.465 e. The van der Waals surface area contributed by atoms with E-state index >= 15 is 0 Å². The van der Waals surface area contributed by atoms with Gasteiger partial charge in [-0.3, -0.25) is 0 Å². The number of ether oxygens (including phenoxy) is 1. The van der Waals surface area contributed by atoms with Gasteiger partial charge in [-0.15, -0.1) is 0 Å². The highest BCUT2D eigenvalue weighted by molar-refractivity contribution is 7.97. The van der Waals surface area contributed by atoms with Gasteiger partial charge < -0.3 is 4.74 Å². The number of hydrogen-bond donors (Lipinski definition) is 0. The van der Waals surface area contributed by atoms with E-state index in [1.165, 1.54) is 19.1 Å². The summed E-state index contributed by atoms with van der Waals surface area (Å²) in [6.07, 6.45) is 2.89. The second-order valence-corrected chi connectivity index (χ2v) is 1.52. The fourth-order valence-electron chi connectivity index (χ4n) is 0.148. The van der Waals surface area contributed by atoms with Gasteiger partial charge in [-0.05, 0) is 11.9 Å². The Kier molecular flexibility index (Phi) is 4.35. The van der Waals surface area contributed by atoms with Gasteiger partial charge in [0.15, 0.2) is 0 Å². The van der Waals surface area contributed by atoms with Crippen LogP contribution in [-0.2, 0) is 9.53 Å². The van der Waals surface area contributed by atoms with Crippen LogP contribution in [0.4, 0.5) is 0 Å². The molecule has 0 saturated carbocycles. The fourth-order valence-corrected chi connectivity index (χ4v) is 0.340. The average Bonchev–Trinajstić information content (AvgIpc) is 1.83. The van der Waals surface area contributed by atoms with Crippen molar-refractivity contribution in [2.24, 2.45) is 4.40 Å². The summed E-state index contributed by atoms with van der Waals surface area (Å²) < 4.78 is 7.81. The third-order valence-electron chi connectivity index (χ3n) is 0.465. The van der Waals surface area contributed by atoms with Gasteiger partial charge >= 0.3 is 5.97 Å². The molecular formula is C4H7NO2S. The molecule has 0 aliphatic carbocycles. The molecule has 0 N–H and O–H groups in total. The maximum atomic E-state index is 10.2. The topological polar surface area (TPSA) is 38.7 Å². The highest BCUT2D eigenvalue weighted by atomic mass is 32.2. The van der Waals surface area contributed by atoms with Crippen LogP contribution in [0.25, 0.3) is 0 Å². The normalized spacial score (nSPS) is 9.75. The van der Waals surface area contributed by atoms with E-state index in [0.29, 0.717) is 0 Å². The molecule has 46 valence electrons. The maximum Gasteiger partial charge on any atom is 0.349 e. The SMILES string of the molecule is COC(=O)C=NSC. The van der Waals surface area contributed by atoms with Crippen molar-refractivity contribution in [3.05, 3.63) is 0 Å². The van der Waals surface area contributed by atoms with E-state index in [9.17, 15) is 4.79 Å². The Bertz CT molecular complexity index is 102. The molecule has 0 atom stereocenters. The first-order chi connectivity index (χ1) is 3.81. The Hall–Kier alpha value is -0.510. The number of nitrogens with zero attached hydrogens (tertiary/aromatic N) is 1. The second kappa shape index (κ2) is 4.64. The first-order valence-corrected chi connectivity index (χ1v) is 3.14. The van der Waals surface area contributed by atoms with Crippen molar-refractivity contribution in [2.45, 2.75) is 0 Å². The van der Waals surface area contributed by atoms with Gasteiger partial charge in [0, 0.05) is 6.26 Å². The van der Waals surface area contributed by atoms with Gasteiger partial charge in [0.05, 0.1) is 7.11 Å². The van der Waals surface area contributed by atoms with Crippen LogP contribution in [0.15, 0.2) is 4.40 Å². The molecule has 3 nitrogen and oxygen atoms in total. The minimum atomic E-state index is -0.417. The van der Waals surface area contributed by atoms with E-state index in [0.717, 1.165) is 6.21 Å². The molecule has 4 heteroatoms. The smallest absolute Gasteiger partial charge is 0.349 e. The predicted octanol–water partition coefficient (Wildman–Crippen LogP) is 0.508. The highest BCUT2D eigenvalue weighted by Gasteiger charge is 1.87. The lowest BCUT2D eigenvalue weighted by Crippen LogP contribution is -1.99. The molecule has 0 fully saturated rings. The summed E-state index contributed by atoms with van der Waals surface area (Å²) in [5, 5.41) is 0. The Morgan fingerprint density at radius 3 is 2.88 bits per heavy atom. The first-order valence-electron chi connectivity index (χ1n) is 1.95. The van der Waals surface area contributed by atoms with Crippen LogP contribution in [0.3, 0.4) is 0 Å². The van der Waals surface area contributed by atoms with Gasteiger partial charge in [0.1, 0.15) is 6.21 Å². The number of rotatable bonds is 2. The molecule has 0 aliphatic rings. The summed E-state index contributed by atoms with van der Waals surface area (Å²) >= 11 is 1.21. The van der Waals surface area contributed by atoms with Crippen molar-refractivity contribution < 1.29 is 9.53 Å². The van der Waals surface area contributed by atoms with E-state index in [1.54, 1.807) is 6.26 Å². The number of methoxy groups -OCH3 is 1. The highest BCUT2D eigenvalue weighted by Crippen LogP contribution is 1.88.